The maximum atomic E-state index is 12.7. The Morgan fingerprint density at radius 2 is 2.03 bits per heavy atom. The monoisotopic (exact) mass is 434 g/mol. The summed E-state index contributed by atoms with van der Waals surface area (Å²) in [4.78, 5) is 24.0. The molecule has 2 N–H and O–H groups in total. The summed E-state index contributed by atoms with van der Waals surface area (Å²) >= 11 is 12.2. The van der Waals surface area contributed by atoms with E-state index in [9.17, 15) is 9.59 Å². The van der Waals surface area contributed by atoms with Gasteiger partial charge in [-0.3, -0.25) is 9.59 Å². The number of halogens is 2. The van der Waals surface area contributed by atoms with Crippen LogP contribution in [-0.2, 0) is 16.1 Å². The van der Waals surface area contributed by atoms with Gasteiger partial charge in [0.05, 0.1) is 34.9 Å². The van der Waals surface area contributed by atoms with Gasteiger partial charge in [-0.2, -0.15) is 5.10 Å². The molecule has 152 valence electrons. The lowest BCUT2D eigenvalue weighted by Gasteiger charge is -2.26. The van der Waals surface area contributed by atoms with Crippen LogP contribution < -0.4 is 16.3 Å². The summed E-state index contributed by atoms with van der Waals surface area (Å²) in [6, 6.07) is 8.81. The van der Waals surface area contributed by atoms with E-state index in [4.69, 9.17) is 27.9 Å². The third kappa shape index (κ3) is 4.53. The summed E-state index contributed by atoms with van der Waals surface area (Å²) < 4.78 is 7.73. The number of nitrogens with one attached hydrogen (secondary N) is 2. The van der Waals surface area contributed by atoms with E-state index in [0.717, 1.165) is 12.1 Å². The van der Waals surface area contributed by atoms with Crippen LogP contribution in [0.25, 0.3) is 0 Å². The van der Waals surface area contributed by atoms with Crippen molar-refractivity contribution in [3.63, 3.8) is 0 Å². The third-order valence-corrected chi connectivity index (χ3v) is 5.83. The van der Waals surface area contributed by atoms with Gasteiger partial charge in [-0.25, -0.2) is 5.43 Å². The molecule has 1 amide bonds. The topological polar surface area (TPSA) is 84.7 Å². The van der Waals surface area contributed by atoms with Gasteiger partial charge in [0, 0.05) is 43.4 Å². The van der Waals surface area contributed by atoms with Gasteiger partial charge in [-0.05, 0) is 23.8 Å². The fourth-order valence-corrected chi connectivity index (χ4v) is 3.93. The van der Waals surface area contributed by atoms with E-state index < -0.39 is 0 Å². The number of amides is 1. The summed E-state index contributed by atoms with van der Waals surface area (Å²) in [5.74, 6) is -0.152. The highest BCUT2D eigenvalue weighted by Gasteiger charge is 2.27. The van der Waals surface area contributed by atoms with E-state index in [1.807, 2.05) is 12.1 Å². The molecule has 7 nitrogen and oxygen atoms in total. The quantitative estimate of drug-likeness (QED) is 0.773. The molecule has 2 atom stereocenters. The molecule has 0 bridgehead atoms. The third-order valence-electron chi connectivity index (χ3n) is 5.09. The zero-order valence-corrected chi connectivity index (χ0v) is 17.0. The maximum Gasteiger partial charge on any atom is 0.251 e. The molecule has 2 aliphatic rings. The van der Waals surface area contributed by atoms with Gasteiger partial charge in [0.1, 0.15) is 0 Å². The van der Waals surface area contributed by atoms with Gasteiger partial charge in [0.25, 0.3) is 5.56 Å². The average molecular weight is 435 g/mol. The first kappa shape index (κ1) is 20.1. The van der Waals surface area contributed by atoms with Crippen LogP contribution in [0.2, 0.25) is 10.0 Å². The lowest BCUT2D eigenvalue weighted by Crippen LogP contribution is -2.32. The number of hydrogen-bond donors (Lipinski definition) is 2. The predicted molar refractivity (Wildman–Crippen MR) is 112 cm³/mol. The van der Waals surface area contributed by atoms with Crippen molar-refractivity contribution in [3.8, 4) is 0 Å². The molecule has 29 heavy (non-hydrogen) atoms. The molecule has 3 heterocycles. The van der Waals surface area contributed by atoms with Crippen LogP contribution in [-0.4, -0.2) is 35.9 Å². The summed E-state index contributed by atoms with van der Waals surface area (Å²) in [5, 5.41) is 8.30. The first-order valence-corrected chi connectivity index (χ1v) is 10.1. The van der Waals surface area contributed by atoms with Crippen molar-refractivity contribution in [2.75, 3.05) is 19.7 Å². The first-order valence-electron chi connectivity index (χ1n) is 9.35. The van der Waals surface area contributed by atoms with Crippen LogP contribution in [0.15, 0.2) is 46.4 Å². The summed E-state index contributed by atoms with van der Waals surface area (Å²) in [6.45, 7) is 2.48. The van der Waals surface area contributed by atoms with Crippen LogP contribution in [0.1, 0.15) is 23.7 Å². The molecule has 1 fully saturated rings. The minimum atomic E-state index is -0.215. The number of aromatic nitrogens is 1. The Hall–Kier alpha value is -2.19. The van der Waals surface area contributed by atoms with Gasteiger partial charge in [0.2, 0.25) is 5.91 Å². The van der Waals surface area contributed by atoms with E-state index >= 15 is 0 Å². The van der Waals surface area contributed by atoms with Crippen molar-refractivity contribution in [2.24, 2.45) is 11.0 Å². The lowest BCUT2D eigenvalue weighted by molar-refractivity contribution is -0.119. The van der Waals surface area contributed by atoms with E-state index in [0.29, 0.717) is 41.0 Å². The number of benzene rings is 1. The second-order valence-electron chi connectivity index (χ2n) is 7.11. The van der Waals surface area contributed by atoms with Crippen LogP contribution in [0, 0.1) is 5.92 Å². The Balaban J connectivity index is 1.58. The van der Waals surface area contributed by atoms with E-state index in [2.05, 4.69) is 15.8 Å². The minimum Gasteiger partial charge on any atom is -0.372 e. The van der Waals surface area contributed by atoms with E-state index in [1.165, 1.54) is 6.07 Å². The fraction of sp³-hybridized carbons (Fsp3) is 0.350. The number of pyridine rings is 1. The second-order valence-corrected chi connectivity index (χ2v) is 7.92. The highest BCUT2D eigenvalue weighted by atomic mass is 35.5. The Labute approximate surface area is 177 Å². The molecule has 0 radical (unpaired) electrons. The van der Waals surface area contributed by atoms with Crippen molar-refractivity contribution in [3.05, 3.63) is 68.1 Å². The molecule has 1 aromatic carbocycles. The molecule has 0 unspecified atom stereocenters. The normalized spacial score (nSPS) is 22.1. The number of carbonyl (C=O) groups excluding carboxylic acids is 1. The fourth-order valence-electron chi connectivity index (χ4n) is 3.63. The largest absolute Gasteiger partial charge is 0.372 e. The van der Waals surface area contributed by atoms with Gasteiger partial charge in [-0.1, -0.05) is 29.3 Å². The molecule has 0 saturated carbocycles. The highest BCUT2D eigenvalue weighted by Crippen LogP contribution is 2.32. The van der Waals surface area contributed by atoms with Crippen molar-refractivity contribution >= 4 is 34.8 Å². The molecular weight excluding hydrogens is 415 g/mol. The smallest absolute Gasteiger partial charge is 0.251 e. The van der Waals surface area contributed by atoms with Gasteiger partial charge < -0.3 is 14.6 Å². The number of hydrogen-bond acceptors (Lipinski definition) is 5. The Morgan fingerprint density at radius 1 is 1.17 bits per heavy atom. The molecule has 4 rings (SSSR count). The molecule has 2 aromatic rings. The molecule has 2 aliphatic heterocycles. The lowest BCUT2D eigenvalue weighted by atomic mass is 9.95. The standard InChI is InChI=1S/C20H20Cl2N4O3/c21-15-2-1-13(7-16(15)22)20-14(10-23-4-6-29-20)11-26-5-3-12(8-19(26)28)17-9-18(27)25-24-17/h1-3,5,7-8,14,20,23H,4,6,9-11H2,(H,25,27)/t14-,20-/m0/s1. The average Bonchev–Trinajstić information content (AvgIpc) is 3.00. The van der Waals surface area contributed by atoms with Crippen molar-refractivity contribution in [2.45, 2.75) is 19.1 Å². The SMILES string of the molecule is O=C1CC(c2ccn(C[C@@H]3CNCCO[C@H]3c3ccc(Cl)c(Cl)c3)c(=O)c2)=NN1. The Morgan fingerprint density at radius 3 is 2.76 bits per heavy atom. The molecule has 9 heteroatoms. The van der Waals surface area contributed by atoms with Crippen LogP contribution in [0.3, 0.4) is 0 Å². The summed E-state index contributed by atoms with van der Waals surface area (Å²) in [7, 11) is 0. The number of carbonyl (C=O) groups is 1. The molecule has 1 saturated heterocycles. The number of rotatable bonds is 4. The van der Waals surface area contributed by atoms with Crippen molar-refractivity contribution in [1.29, 1.82) is 0 Å². The van der Waals surface area contributed by atoms with Crippen molar-refractivity contribution < 1.29 is 9.53 Å². The molecule has 0 aliphatic carbocycles. The number of ether oxygens (including phenoxy) is 1. The van der Waals surface area contributed by atoms with E-state index in [-0.39, 0.29) is 29.9 Å². The molecule has 0 spiro atoms. The Bertz CT molecular complexity index is 1020. The number of nitrogens with zero attached hydrogens (tertiary/aromatic N) is 2. The summed E-state index contributed by atoms with van der Waals surface area (Å²) in [5.41, 5.74) is 4.41. The van der Waals surface area contributed by atoms with Crippen molar-refractivity contribution in [1.82, 2.24) is 15.3 Å². The van der Waals surface area contributed by atoms with Gasteiger partial charge >= 0.3 is 0 Å². The maximum absolute atomic E-state index is 12.7. The first-order chi connectivity index (χ1) is 14.0. The minimum absolute atomic E-state index is 0.0188. The molecular formula is C20H20Cl2N4O3. The number of hydrazone groups is 1. The molecule has 1 aromatic heterocycles. The zero-order valence-electron chi connectivity index (χ0n) is 15.5. The van der Waals surface area contributed by atoms with Gasteiger partial charge in [0.15, 0.2) is 0 Å². The van der Waals surface area contributed by atoms with Crippen LogP contribution in [0.5, 0.6) is 0 Å². The van der Waals surface area contributed by atoms with Gasteiger partial charge in [-0.15, -0.1) is 0 Å². The zero-order chi connectivity index (χ0) is 20.4. The Kier molecular flexibility index (Phi) is 6.01. The highest BCUT2D eigenvalue weighted by molar-refractivity contribution is 6.42. The second kappa shape index (κ2) is 8.67. The van der Waals surface area contributed by atoms with Crippen LogP contribution >= 0.6 is 23.2 Å². The predicted octanol–water partition coefficient (Wildman–Crippen LogP) is 2.36. The van der Waals surface area contributed by atoms with E-state index in [1.54, 1.807) is 22.9 Å². The van der Waals surface area contributed by atoms with Crippen LogP contribution in [0.4, 0.5) is 0 Å². The summed E-state index contributed by atoms with van der Waals surface area (Å²) in [6.07, 6.45) is 1.70.